The second-order valence-electron chi connectivity index (χ2n) is 5.32. The molecule has 1 aliphatic rings. The van der Waals surface area contributed by atoms with Crippen LogP contribution < -0.4 is 0 Å². The van der Waals surface area contributed by atoms with Gasteiger partial charge in [-0.3, -0.25) is 4.79 Å². The fourth-order valence-corrected chi connectivity index (χ4v) is 2.40. The minimum atomic E-state index is -0.391. The van der Waals surface area contributed by atoms with E-state index in [4.69, 9.17) is 4.52 Å². The first-order chi connectivity index (χ1) is 8.49. The molecule has 2 atom stereocenters. The van der Waals surface area contributed by atoms with Gasteiger partial charge in [0.1, 0.15) is 11.7 Å². The van der Waals surface area contributed by atoms with Crippen molar-refractivity contribution in [2.45, 2.75) is 39.2 Å². The summed E-state index contributed by atoms with van der Waals surface area (Å²) < 4.78 is 5.24. The van der Waals surface area contributed by atoms with Crippen LogP contribution in [0.5, 0.6) is 0 Å². The van der Waals surface area contributed by atoms with Crippen molar-refractivity contribution in [2.75, 3.05) is 13.1 Å². The average molecular weight is 252 g/mol. The van der Waals surface area contributed by atoms with Crippen LogP contribution in [0, 0.1) is 12.8 Å². The fourth-order valence-electron chi connectivity index (χ4n) is 2.40. The molecule has 1 fully saturated rings. The number of aryl methyl sites for hydroxylation is 1. The Morgan fingerprint density at radius 1 is 1.61 bits per heavy atom. The van der Waals surface area contributed by atoms with E-state index >= 15 is 0 Å². The molecule has 1 amide bonds. The van der Waals surface area contributed by atoms with Crippen LogP contribution in [0.2, 0.25) is 0 Å². The highest BCUT2D eigenvalue weighted by Crippen LogP contribution is 2.28. The first-order valence-corrected chi connectivity index (χ1v) is 6.39. The number of carbonyl (C=O) groups is 1. The lowest BCUT2D eigenvalue weighted by Gasteiger charge is -2.23. The Balaban J connectivity index is 2.18. The Morgan fingerprint density at radius 2 is 2.33 bits per heavy atom. The maximum absolute atomic E-state index is 12.5. The minimum Gasteiger partial charge on any atom is -0.391 e. The van der Waals surface area contributed by atoms with Gasteiger partial charge in [-0.2, -0.15) is 0 Å². The summed E-state index contributed by atoms with van der Waals surface area (Å²) in [5, 5.41) is 13.4. The van der Waals surface area contributed by atoms with Crippen molar-refractivity contribution >= 4 is 5.91 Å². The minimum absolute atomic E-state index is 0.0256. The summed E-state index contributed by atoms with van der Waals surface area (Å²) in [5.41, 5.74) is 0.782. The smallest absolute Gasteiger partial charge is 0.233 e. The Morgan fingerprint density at radius 3 is 2.78 bits per heavy atom. The maximum atomic E-state index is 12.5. The molecular formula is C13H20N2O3. The molecule has 0 spiro atoms. The van der Waals surface area contributed by atoms with Crippen molar-refractivity contribution in [3.63, 3.8) is 0 Å². The molecule has 1 saturated heterocycles. The zero-order chi connectivity index (χ0) is 13.3. The van der Waals surface area contributed by atoms with Crippen LogP contribution in [0.25, 0.3) is 0 Å². The lowest BCUT2D eigenvalue weighted by molar-refractivity contribution is -0.133. The van der Waals surface area contributed by atoms with Gasteiger partial charge in [0.2, 0.25) is 5.91 Å². The predicted octanol–water partition coefficient (Wildman–Crippen LogP) is 1.32. The third-order valence-corrected chi connectivity index (χ3v) is 3.36. The Kier molecular flexibility index (Phi) is 3.71. The van der Waals surface area contributed by atoms with Gasteiger partial charge in [-0.05, 0) is 19.3 Å². The number of carbonyl (C=O) groups excluding carboxylic acids is 1. The predicted molar refractivity (Wildman–Crippen MR) is 66.0 cm³/mol. The van der Waals surface area contributed by atoms with Crippen LogP contribution in [-0.4, -0.2) is 40.3 Å². The van der Waals surface area contributed by atoms with E-state index in [-0.39, 0.29) is 17.7 Å². The maximum Gasteiger partial charge on any atom is 0.233 e. The van der Waals surface area contributed by atoms with E-state index in [2.05, 4.69) is 5.16 Å². The Bertz CT molecular complexity index is 428. The molecule has 1 N–H and O–H groups in total. The third kappa shape index (κ3) is 2.56. The molecule has 2 rings (SSSR count). The number of likely N-dealkylation sites (tertiary alicyclic amines) is 1. The van der Waals surface area contributed by atoms with Gasteiger partial charge in [-0.15, -0.1) is 0 Å². The molecule has 0 aliphatic carbocycles. The second-order valence-corrected chi connectivity index (χ2v) is 5.32. The molecule has 18 heavy (non-hydrogen) atoms. The van der Waals surface area contributed by atoms with E-state index in [0.29, 0.717) is 25.3 Å². The molecule has 0 saturated carbocycles. The van der Waals surface area contributed by atoms with Gasteiger partial charge in [0, 0.05) is 19.2 Å². The van der Waals surface area contributed by atoms with E-state index in [0.717, 1.165) is 5.69 Å². The van der Waals surface area contributed by atoms with Gasteiger partial charge in [0.25, 0.3) is 0 Å². The van der Waals surface area contributed by atoms with Crippen molar-refractivity contribution in [3.8, 4) is 0 Å². The first-order valence-electron chi connectivity index (χ1n) is 6.39. The van der Waals surface area contributed by atoms with Gasteiger partial charge < -0.3 is 14.5 Å². The molecule has 1 aromatic rings. The Labute approximate surface area is 107 Å². The van der Waals surface area contributed by atoms with E-state index in [9.17, 15) is 9.90 Å². The molecule has 5 heteroatoms. The summed E-state index contributed by atoms with van der Waals surface area (Å²) >= 11 is 0. The van der Waals surface area contributed by atoms with Crippen LogP contribution >= 0.6 is 0 Å². The number of aliphatic hydroxyl groups is 1. The monoisotopic (exact) mass is 252 g/mol. The standard InChI is InChI=1S/C13H20N2O3/c1-8(2)12(11-6-9(3)14-18-11)13(17)15-5-4-10(16)7-15/h6,8,10,12,16H,4-5,7H2,1-3H3/t10-,12-/m1/s1. The van der Waals surface area contributed by atoms with Crippen molar-refractivity contribution in [1.29, 1.82) is 0 Å². The summed E-state index contributed by atoms with van der Waals surface area (Å²) in [5.74, 6) is 0.477. The highest BCUT2D eigenvalue weighted by Gasteiger charge is 2.34. The highest BCUT2D eigenvalue weighted by molar-refractivity contribution is 5.83. The van der Waals surface area contributed by atoms with Gasteiger partial charge in [0.15, 0.2) is 0 Å². The quantitative estimate of drug-likeness (QED) is 0.881. The van der Waals surface area contributed by atoms with Crippen molar-refractivity contribution in [2.24, 2.45) is 5.92 Å². The molecule has 5 nitrogen and oxygen atoms in total. The number of nitrogens with zero attached hydrogens (tertiary/aromatic N) is 2. The SMILES string of the molecule is Cc1cc([C@H](C(=O)N2CC[C@@H](O)C2)C(C)C)on1. The largest absolute Gasteiger partial charge is 0.391 e. The summed E-state index contributed by atoms with van der Waals surface area (Å²) in [6.45, 7) is 6.87. The Hall–Kier alpha value is -1.36. The van der Waals surface area contributed by atoms with Crippen molar-refractivity contribution in [3.05, 3.63) is 17.5 Å². The molecule has 1 aromatic heterocycles. The number of amides is 1. The van der Waals surface area contributed by atoms with Crippen LogP contribution in [0.4, 0.5) is 0 Å². The van der Waals surface area contributed by atoms with E-state index in [1.807, 2.05) is 26.8 Å². The van der Waals surface area contributed by atoms with Gasteiger partial charge >= 0.3 is 0 Å². The van der Waals surface area contributed by atoms with Crippen molar-refractivity contribution < 1.29 is 14.4 Å². The average Bonchev–Trinajstić information content (AvgIpc) is 2.87. The zero-order valence-electron chi connectivity index (χ0n) is 11.1. The number of rotatable bonds is 3. The van der Waals surface area contributed by atoms with Crippen LogP contribution in [0.3, 0.4) is 0 Å². The lowest BCUT2D eigenvalue weighted by atomic mass is 9.91. The molecule has 0 bridgehead atoms. The van der Waals surface area contributed by atoms with E-state index in [1.165, 1.54) is 0 Å². The number of hydrogen-bond donors (Lipinski definition) is 1. The molecule has 0 radical (unpaired) electrons. The molecular weight excluding hydrogens is 232 g/mol. The zero-order valence-corrected chi connectivity index (χ0v) is 11.1. The van der Waals surface area contributed by atoms with Gasteiger partial charge in [-0.25, -0.2) is 0 Å². The highest BCUT2D eigenvalue weighted by atomic mass is 16.5. The number of β-amino-alcohol motifs (C(OH)–C–C–N with tert-alkyl or cyclic N) is 1. The molecule has 0 unspecified atom stereocenters. The van der Waals surface area contributed by atoms with Crippen molar-refractivity contribution in [1.82, 2.24) is 10.1 Å². The van der Waals surface area contributed by atoms with Crippen LogP contribution in [0.1, 0.15) is 37.6 Å². The van der Waals surface area contributed by atoms with Crippen LogP contribution in [0.15, 0.2) is 10.6 Å². The lowest BCUT2D eigenvalue weighted by Crippen LogP contribution is -2.35. The molecule has 1 aliphatic heterocycles. The second kappa shape index (κ2) is 5.10. The number of aliphatic hydroxyl groups excluding tert-OH is 1. The molecule has 0 aromatic carbocycles. The van der Waals surface area contributed by atoms with Crippen LogP contribution in [-0.2, 0) is 4.79 Å². The molecule has 2 heterocycles. The van der Waals surface area contributed by atoms with Gasteiger partial charge in [0.05, 0.1) is 11.8 Å². The van der Waals surface area contributed by atoms with Gasteiger partial charge in [-0.1, -0.05) is 19.0 Å². The van der Waals surface area contributed by atoms with E-state index in [1.54, 1.807) is 4.90 Å². The normalized spacial score (nSPS) is 21.6. The third-order valence-electron chi connectivity index (χ3n) is 3.36. The summed E-state index contributed by atoms with van der Waals surface area (Å²) in [6.07, 6.45) is 0.268. The summed E-state index contributed by atoms with van der Waals surface area (Å²) in [7, 11) is 0. The summed E-state index contributed by atoms with van der Waals surface area (Å²) in [6, 6.07) is 1.81. The number of hydrogen-bond acceptors (Lipinski definition) is 4. The number of aromatic nitrogens is 1. The fraction of sp³-hybridized carbons (Fsp3) is 0.692. The first kappa shape index (κ1) is 13.1. The topological polar surface area (TPSA) is 66.6 Å². The molecule has 100 valence electrons. The van der Waals surface area contributed by atoms with E-state index < -0.39 is 6.10 Å². The summed E-state index contributed by atoms with van der Waals surface area (Å²) in [4.78, 5) is 14.2.